The number of imidazole rings is 1. The first kappa shape index (κ1) is 23.3. The Hall–Kier alpha value is -3.50. The van der Waals surface area contributed by atoms with Crippen LogP contribution < -0.4 is 15.5 Å². The highest BCUT2D eigenvalue weighted by Crippen LogP contribution is 2.32. The van der Waals surface area contributed by atoms with Gasteiger partial charge in [0.05, 0.1) is 30.1 Å². The fourth-order valence-corrected chi connectivity index (χ4v) is 4.78. The van der Waals surface area contributed by atoms with Crippen molar-refractivity contribution in [1.82, 2.24) is 24.5 Å². The van der Waals surface area contributed by atoms with E-state index < -0.39 is 5.82 Å². The summed E-state index contributed by atoms with van der Waals surface area (Å²) in [6.07, 6.45) is 6.41. The average Bonchev–Trinajstić information content (AvgIpc) is 3.55. The number of nitrogens with zero attached hydrogens (tertiary/aromatic N) is 5. The summed E-state index contributed by atoms with van der Waals surface area (Å²) in [6, 6.07) is 5.51. The number of pyridine rings is 1. The minimum absolute atomic E-state index is 0.227. The number of likely N-dealkylation sites (N-methyl/N-ethyl adjacent to an activating group) is 1. The van der Waals surface area contributed by atoms with Gasteiger partial charge in [-0.15, -0.1) is 0 Å². The number of benzene rings is 1. The molecule has 9 nitrogen and oxygen atoms in total. The number of ether oxygens (including phenoxy) is 1. The predicted molar refractivity (Wildman–Crippen MR) is 134 cm³/mol. The van der Waals surface area contributed by atoms with Crippen molar-refractivity contribution in [3.63, 3.8) is 0 Å². The number of methoxy groups -OCH3 is 1. The number of carbonyl (C=O) groups excluding carboxylic acids is 1. The molecular weight excluding hydrogens is 449 g/mol. The van der Waals surface area contributed by atoms with E-state index in [1.54, 1.807) is 36.9 Å². The molecule has 0 saturated carbocycles. The highest BCUT2D eigenvalue weighted by molar-refractivity contribution is 6.13. The second-order valence-corrected chi connectivity index (χ2v) is 8.91. The van der Waals surface area contributed by atoms with Gasteiger partial charge in [0.1, 0.15) is 5.52 Å². The van der Waals surface area contributed by atoms with E-state index in [1.807, 2.05) is 16.9 Å². The molecule has 4 heterocycles. The summed E-state index contributed by atoms with van der Waals surface area (Å²) in [5, 5.41) is 12.0. The van der Waals surface area contributed by atoms with Gasteiger partial charge in [0, 0.05) is 62.0 Å². The first-order valence-corrected chi connectivity index (χ1v) is 11.9. The van der Waals surface area contributed by atoms with Crippen molar-refractivity contribution in [2.45, 2.75) is 32.9 Å². The van der Waals surface area contributed by atoms with Gasteiger partial charge in [-0.2, -0.15) is 5.10 Å². The number of amides is 1. The molecule has 1 amide bonds. The number of carbonyl (C=O) groups is 1. The second-order valence-electron chi connectivity index (χ2n) is 8.91. The molecule has 1 saturated heterocycles. The minimum atomic E-state index is -0.496. The molecule has 0 bridgehead atoms. The van der Waals surface area contributed by atoms with Gasteiger partial charge in [-0.3, -0.25) is 9.48 Å². The number of aromatic nitrogens is 4. The molecule has 0 radical (unpaired) electrons. The molecule has 1 aromatic carbocycles. The number of halogens is 1. The van der Waals surface area contributed by atoms with Crippen molar-refractivity contribution in [3.8, 4) is 0 Å². The Labute approximate surface area is 202 Å². The van der Waals surface area contributed by atoms with Crippen molar-refractivity contribution in [3.05, 3.63) is 53.9 Å². The molecule has 1 unspecified atom stereocenters. The predicted octanol–water partition coefficient (Wildman–Crippen LogP) is 3.22. The van der Waals surface area contributed by atoms with Crippen LogP contribution in [-0.2, 0) is 11.3 Å². The van der Waals surface area contributed by atoms with E-state index in [4.69, 9.17) is 9.84 Å². The zero-order valence-corrected chi connectivity index (χ0v) is 20.2. The van der Waals surface area contributed by atoms with Gasteiger partial charge in [-0.05, 0) is 32.0 Å². The molecule has 2 N–H and O–H groups in total. The third kappa shape index (κ3) is 4.59. The van der Waals surface area contributed by atoms with Crippen molar-refractivity contribution in [1.29, 1.82) is 0 Å². The van der Waals surface area contributed by atoms with Crippen molar-refractivity contribution >= 4 is 33.8 Å². The Morgan fingerprint density at radius 2 is 2.14 bits per heavy atom. The van der Waals surface area contributed by atoms with Gasteiger partial charge in [0.15, 0.2) is 11.5 Å². The lowest BCUT2D eigenvalue weighted by atomic mass is 10.1. The Balaban J connectivity index is 1.48. The van der Waals surface area contributed by atoms with E-state index >= 15 is 0 Å². The molecule has 1 aliphatic rings. The maximum Gasteiger partial charge on any atom is 0.257 e. The topological polar surface area (TPSA) is 88.7 Å². The smallest absolute Gasteiger partial charge is 0.257 e. The van der Waals surface area contributed by atoms with Crippen LogP contribution in [0.5, 0.6) is 0 Å². The molecule has 5 rings (SSSR count). The standard InChI is InChI=1S/C25H30FN7O2/c1-4-27-17-7-8-31(13-17)22-6-5-19(23-20(22)15-33(30-23)9-10-35-3)25(34)29-18-11-21(26)24-28-16(2)12-32(24)14-18/h5-6,11-12,14-15,17,27H,4,7-10,13H2,1-3H3,(H,29,34). The van der Waals surface area contributed by atoms with E-state index in [9.17, 15) is 9.18 Å². The number of rotatable bonds is 8. The number of hydrogen-bond donors (Lipinski definition) is 2. The van der Waals surface area contributed by atoms with Gasteiger partial charge in [0.25, 0.3) is 5.91 Å². The molecule has 1 aliphatic heterocycles. The van der Waals surface area contributed by atoms with Crippen LogP contribution in [0.15, 0.2) is 36.8 Å². The Kier molecular flexibility index (Phi) is 6.40. The number of anilines is 2. The molecule has 4 aromatic rings. The quantitative estimate of drug-likeness (QED) is 0.404. The van der Waals surface area contributed by atoms with E-state index in [0.29, 0.717) is 41.7 Å². The van der Waals surface area contributed by atoms with Gasteiger partial charge in [-0.1, -0.05) is 6.92 Å². The first-order chi connectivity index (χ1) is 17.0. The van der Waals surface area contributed by atoms with Crippen LogP contribution in [0.4, 0.5) is 15.8 Å². The van der Waals surface area contributed by atoms with E-state index in [-0.39, 0.29) is 11.6 Å². The zero-order valence-electron chi connectivity index (χ0n) is 20.2. The van der Waals surface area contributed by atoms with Crippen LogP contribution in [0.25, 0.3) is 16.6 Å². The Morgan fingerprint density at radius 3 is 2.94 bits per heavy atom. The number of nitrogens with one attached hydrogen (secondary N) is 2. The molecule has 0 aliphatic carbocycles. The van der Waals surface area contributed by atoms with E-state index in [1.165, 1.54) is 6.07 Å². The lowest BCUT2D eigenvalue weighted by molar-refractivity contribution is 0.102. The molecule has 1 fully saturated rings. The van der Waals surface area contributed by atoms with Gasteiger partial charge in [-0.25, -0.2) is 9.37 Å². The normalized spacial score (nSPS) is 16.0. The molecule has 1 atom stereocenters. The number of aryl methyl sites for hydroxylation is 1. The molecule has 184 valence electrons. The maximum absolute atomic E-state index is 14.5. The fourth-order valence-electron chi connectivity index (χ4n) is 4.78. The molecule has 10 heteroatoms. The van der Waals surface area contributed by atoms with Crippen LogP contribution in [-0.4, -0.2) is 64.5 Å². The molecular formula is C25H30FN7O2. The molecule has 0 spiro atoms. The van der Waals surface area contributed by atoms with Crippen LogP contribution in [0.1, 0.15) is 29.4 Å². The van der Waals surface area contributed by atoms with Crippen molar-refractivity contribution < 1.29 is 13.9 Å². The minimum Gasteiger partial charge on any atom is -0.383 e. The highest BCUT2D eigenvalue weighted by Gasteiger charge is 2.25. The van der Waals surface area contributed by atoms with Crippen LogP contribution >= 0.6 is 0 Å². The van der Waals surface area contributed by atoms with Gasteiger partial charge in [0.2, 0.25) is 0 Å². The number of hydrogen-bond acceptors (Lipinski definition) is 6. The summed E-state index contributed by atoms with van der Waals surface area (Å²) >= 11 is 0. The van der Waals surface area contributed by atoms with Crippen LogP contribution in [0, 0.1) is 12.7 Å². The van der Waals surface area contributed by atoms with Crippen LogP contribution in [0.3, 0.4) is 0 Å². The summed E-state index contributed by atoms with van der Waals surface area (Å²) in [4.78, 5) is 19.8. The van der Waals surface area contributed by atoms with E-state index in [0.717, 1.165) is 37.1 Å². The lowest BCUT2D eigenvalue weighted by Gasteiger charge is -2.20. The molecule has 35 heavy (non-hydrogen) atoms. The largest absolute Gasteiger partial charge is 0.383 e. The SMILES string of the molecule is CCNC1CCN(c2ccc(C(=O)Nc3cc(F)c4nc(C)cn4c3)c3nn(CCOC)cc23)C1. The Morgan fingerprint density at radius 1 is 1.29 bits per heavy atom. The summed E-state index contributed by atoms with van der Waals surface area (Å²) in [5.74, 6) is -0.842. The number of fused-ring (bicyclic) bond motifs is 2. The van der Waals surface area contributed by atoms with Gasteiger partial charge < -0.3 is 24.7 Å². The maximum atomic E-state index is 14.5. The zero-order chi connectivity index (χ0) is 24.5. The lowest BCUT2D eigenvalue weighted by Crippen LogP contribution is -2.32. The highest BCUT2D eigenvalue weighted by atomic mass is 19.1. The van der Waals surface area contributed by atoms with Crippen molar-refractivity contribution in [2.24, 2.45) is 0 Å². The van der Waals surface area contributed by atoms with Gasteiger partial charge >= 0.3 is 0 Å². The monoisotopic (exact) mass is 479 g/mol. The summed E-state index contributed by atoms with van der Waals surface area (Å²) in [6.45, 7) is 7.78. The third-order valence-electron chi connectivity index (χ3n) is 6.38. The fraction of sp³-hybridized carbons (Fsp3) is 0.400. The molecule has 3 aromatic heterocycles. The third-order valence-corrected chi connectivity index (χ3v) is 6.38. The van der Waals surface area contributed by atoms with E-state index in [2.05, 4.69) is 27.4 Å². The second kappa shape index (κ2) is 9.63. The average molecular weight is 480 g/mol. The summed E-state index contributed by atoms with van der Waals surface area (Å²) < 4.78 is 23.1. The van der Waals surface area contributed by atoms with Crippen molar-refractivity contribution in [2.75, 3.05) is 43.6 Å². The van der Waals surface area contributed by atoms with Crippen LogP contribution in [0.2, 0.25) is 0 Å². The Bertz CT molecular complexity index is 1380. The summed E-state index contributed by atoms with van der Waals surface area (Å²) in [5.41, 5.74) is 3.38. The first-order valence-electron chi connectivity index (χ1n) is 11.9. The summed E-state index contributed by atoms with van der Waals surface area (Å²) in [7, 11) is 1.65.